The molecule has 2 aromatic heterocycles. The maximum atomic E-state index is 12.2. The molecule has 2 aromatic carbocycles. The second-order valence-corrected chi connectivity index (χ2v) is 7.46. The van der Waals surface area contributed by atoms with Crippen LogP contribution in [0.25, 0.3) is 16.2 Å². The molecular weight excluding hydrogens is 426 g/mol. The monoisotopic (exact) mass is 441 g/mol. The van der Waals surface area contributed by atoms with Crippen LogP contribution in [0.3, 0.4) is 0 Å². The fourth-order valence-corrected chi connectivity index (χ4v) is 3.76. The number of anilines is 1. The predicted octanol–water partition coefficient (Wildman–Crippen LogP) is 3.49. The van der Waals surface area contributed by atoms with Crippen LogP contribution in [0.2, 0.25) is 5.02 Å². The van der Waals surface area contributed by atoms with E-state index in [0.717, 1.165) is 11.3 Å². The average molecular weight is 442 g/mol. The van der Waals surface area contributed by atoms with Crippen LogP contribution < -0.4 is 15.4 Å². The van der Waals surface area contributed by atoms with Crippen molar-refractivity contribution in [1.29, 1.82) is 0 Å². The minimum absolute atomic E-state index is 0.156. The van der Waals surface area contributed by atoms with Crippen LogP contribution in [0, 0.1) is 0 Å². The molecule has 10 heteroatoms. The van der Waals surface area contributed by atoms with Gasteiger partial charge in [0.2, 0.25) is 10.9 Å². The minimum atomic E-state index is -0.436. The van der Waals surface area contributed by atoms with Crippen molar-refractivity contribution in [3.63, 3.8) is 0 Å². The highest BCUT2D eigenvalue weighted by Crippen LogP contribution is 2.32. The third kappa shape index (κ3) is 4.12. The number of rotatable bonds is 6. The largest absolute Gasteiger partial charge is 0.496 e. The first kappa shape index (κ1) is 19.9. The average Bonchev–Trinajstić information content (AvgIpc) is 3.32. The van der Waals surface area contributed by atoms with Crippen molar-refractivity contribution in [2.24, 2.45) is 0 Å². The molecule has 0 atom stereocenters. The van der Waals surface area contributed by atoms with E-state index in [-0.39, 0.29) is 18.4 Å². The van der Waals surface area contributed by atoms with Gasteiger partial charge in [-0.25, -0.2) is 4.52 Å². The van der Waals surface area contributed by atoms with E-state index in [1.807, 2.05) is 29.6 Å². The fourth-order valence-electron chi connectivity index (χ4n) is 2.81. The molecule has 0 saturated heterocycles. The smallest absolute Gasteiger partial charge is 0.251 e. The highest BCUT2D eigenvalue weighted by atomic mass is 35.5. The first-order valence-electron chi connectivity index (χ1n) is 8.86. The molecule has 0 aliphatic heterocycles. The van der Waals surface area contributed by atoms with Crippen molar-refractivity contribution in [3.8, 4) is 17.0 Å². The molecule has 152 valence electrons. The van der Waals surface area contributed by atoms with Crippen LogP contribution in [-0.2, 0) is 4.79 Å². The molecule has 2 N–H and O–H groups in total. The van der Waals surface area contributed by atoms with Crippen molar-refractivity contribution in [1.82, 2.24) is 19.9 Å². The summed E-state index contributed by atoms with van der Waals surface area (Å²) in [6.07, 6.45) is 0. The lowest BCUT2D eigenvalue weighted by Crippen LogP contribution is -2.33. The van der Waals surface area contributed by atoms with Crippen LogP contribution in [-0.4, -0.2) is 40.1 Å². The molecule has 2 heterocycles. The highest BCUT2D eigenvalue weighted by Gasteiger charge is 2.16. The summed E-state index contributed by atoms with van der Waals surface area (Å²) in [4.78, 5) is 29.2. The number of aromatic nitrogens is 3. The Morgan fingerprint density at radius 2 is 1.93 bits per heavy atom. The molecule has 30 heavy (non-hydrogen) atoms. The fraction of sp³-hybridized carbons (Fsp3) is 0.100. The van der Waals surface area contributed by atoms with Crippen molar-refractivity contribution in [3.05, 3.63) is 64.5 Å². The lowest BCUT2D eigenvalue weighted by molar-refractivity contribution is -0.115. The zero-order valence-corrected chi connectivity index (χ0v) is 17.3. The Morgan fingerprint density at radius 3 is 2.70 bits per heavy atom. The Balaban J connectivity index is 1.44. The molecule has 0 aliphatic carbocycles. The Labute approximate surface area is 180 Å². The molecule has 2 amide bonds. The molecule has 4 aromatic rings. The number of hydrogen-bond donors (Lipinski definition) is 2. The predicted molar refractivity (Wildman–Crippen MR) is 115 cm³/mol. The number of amides is 2. The molecule has 0 fully saturated rings. The number of fused-ring (bicyclic) bond motifs is 1. The summed E-state index contributed by atoms with van der Waals surface area (Å²) >= 11 is 7.20. The standard InChI is InChI=1S/C20H16ClN5O3S/c1-29-16-5-3-2-4-14(16)15-11-30-20-24-19(25-26(15)20)23-17(27)10-22-18(28)12-6-8-13(21)9-7-12/h2-9,11H,10H2,1H3,(H,22,28)(H,23,25,27). The number of halogens is 1. The molecule has 0 saturated carbocycles. The maximum Gasteiger partial charge on any atom is 0.251 e. The van der Waals surface area contributed by atoms with Gasteiger partial charge in [-0.05, 0) is 36.4 Å². The summed E-state index contributed by atoms with van der Waals surface area (Å²) in [7, 11) is 1.60. The minimum Gasteiger partial charge on any atom is -0.496 e. The van der Waals surface area contributed by atoms with Crippen LogP contribution in [0.4, 0.5) is 5.95 Å². The van der Waals surface area contributed by atoms with Crippen molar-refractivity contribution in [2.75, 3.05) is 19.0 Å². The summed E-state index contributed by atoms with van der Waals surface area (Å²) in [5.74, 6) is 0.0559. The number of carbonyl (C=O) groups excluding carboxylic acids is 2. The van der Waals surface area contributed by atoms with Crippen LogP contribution >= 0.6 is 22.9 Å². The van der Waals surface area contributed by atoms with Gasteiger partial charge in [-0.15, -0.1) is 16.4 Å². The number of hydrogen-bond acceptors (Lipinski definition) is 6. The van der Waals surface area contributed by atoms with Gasteiger partial charge in [0.1, 0.15) is 5.75 Å². The molecule has 0 radical (unpaired) electrons. The van der Waals surface area contributed by atoms with Gasteiger partial charge in [0.05, 0.1) is 19.3 Å². The number of ether oxygens (including phenoxy) is 1. The Kier molecular flexibility index (Phi) is 5.64. The number of thiazole rings is 1. The molecule has 0 aliphatic rings. The van der Waals surface area contributed by atoms with E-state index in [9.17, 15) is 9.59 Å². The van der Waals surface area contributed by atoms with E-state index in [1.54, 1.807) is 35.9 Å². The first-order chi connectivity index (χ1) is 14.5. The lowest BCUT2D eigenvalue weighted by atomic mass is 10.1. The van der Waals surface area contributed by atoms with E-state index >= 15 is 0 Å². The Hall–Kier alpha value is -3.43. The molecule has 0 unspecified atom stereocenters. The maximum absolute atomic E-state index is 12.2. The number of nitrogens with one attached hydrogen (secondary N) is 2. The number of benzene rings is 2. The van der Waals surface area contributed by atoms with Gasteiger partial charge in [-0.1, -0.05) is 23.7 Å². The topological polar surface area (TPSA) is 97.6 Å². The van der Waals surface area contributed by atoms with Crippen molar-refractivity contribution < 1.29 is 14.3 Å². The molecule has 0 bridgehead atoms. The summed E-state index contributed by atoms with van der Waals surface area (Å²) in [6.45, 7) is -0.215. The van der Waals surface area contributed by atoms with E-state index in [4.69, 9.17) is 16.3 Å². The molecule has 8 nitrogen and oxygen atoms in total. The summed E-state index contributed by atoms with van der Waals surface area (Å²) < 4.78 is 7.06. The van der Waals surface area contributed by atoms with Gasteiger partial charge >= 0.3 is 0 Å². The van der Waals surface area contributed by atoms with E-state index in [2.05, 4.69) is 20.7 Å². The van der Waals surface area contributed by atoms with Gasteiger partial charge in [-0.3, -0.25) is 14.9 Å². The van der Waals surface area contributed by atoms with Crippen LogP contribution in [0.1, 0.15) is 10.4 Å². The number of carbonyl (C=O) groups is 2. The van der Waals surface area contributed by atoms with Crippen LogP contribution in [0.5, 0.6) is 5.75 Å². The molecule has 4 rings (SSSR count). The normalized spacial score (nSPS) is 10.7. The van der Waals surface area contributed by atoms with E-state index in [1.165, 1.54) is 11.3 Å². The second kappa shape index (κ2) is 8.52. The van der Waals surface area contributed by atoms with Crippen molar-refractivity contribution >= 4 is 45.7 Å². The van der Waals surface area contributed by atoms with Gasteiger partial charge < -0.3 is 10.1 Å². The van der Waals surface area contributed by atoms with Gasteiger partial charge in [0.25, 0.3) is 11.9 Å². The number of para-hydroxylation sites is 1. The van der Waals surface area contributed by atoms with Crippen LogP contribution in [0.15, 0.2) is 53.9 Å². The molecule has 0 spiro atoms. The van der Waals surface area contributed by atoms with Gasteiger partial charge in [-0.2, -0.15) is 4.98 Å². The zero-order valence-electron chi connectivity index (χ0n) is 15.8. The molecular formula is C20H16ClN5O3S. The summed E-state index contributed by atoms with van der Waals surface area (Å²) in [6, 6.07) is 14.0. The SMILES string of the molecule is COc1ccccc1-c1csc2nc(NC(=O)CNC(=O)c3ccc(Cl)cc3)nn12. The Morgan fingerprint density at radius 1 is 1.17 bits per heavy atom. The summed E-state index contributed by atoms with van der Waals surface area (Å²) in [5.41, 5.74) is 2.08. The highest BCUT2D eigenvalue weighted by molar-refractivity contribution is 7.15. The quantitative estimate of drug-likeness (QED) is 0.477. The third-order valence-corrected chi connectivity index (χ3v) is 5.30. The second-order valence-electron chi connectivity index (χ2n) is 6.19. The number of methoxy groups -OCH3 is 1. The third-order valence-electron chi connectivity index (χ3n) is 4.23. The van der Waals surface area contributed by atoms with E-state index < -0.39 is 5.91 Å². The summed E-state index contributed by atoms with van der Waals surface area (Å²) in [5, 5.41) is 12.0. The zero-order chi connectivity index (χ0) is 21.1. The first-order valence-corrected chi connectivity index (χ1v) is 10.1. The van der Waals surface area contributed by atoms with Gasteiger partial charge in [0, 0.05) is 21.5 Å². The number of nitrogens with zero attached hydrogens (tertiary/aromatic N) is 3. The van der Waals surface area contributed by atoms with Crippen molar-refractivity contribution in [2.45, 2.75) is 0 Å². The van der Waals surface area contributed by atoms with Gasteiger partial charge in [0.15, 0.2) is 0 Å². The lowest BCUT2D eigenvalue weighted by Gasteiger charge is -2.06. The van der Waals surface area contributed by atoms with E-state index in [0.29, 0.717) is 21.3 Å². The Bertz CT molecular complexity index is 1220.